The second kappa shape index (κ2) is 6.71. The topological polar surface area (TPSA) is 42.4 Å². The summed E-state index contributed by atoms with van der Waals surface area (Å²) in [6, 6.07) is 2.11. The highest BCUT2D eigenvalue weighted by molar-refractivity contribution is 5.19. The van der Waals surface area contributed by atoms with Crippen molar-refractivity contribution in [2.24, 2.45) is 5.73 Å². The molecular formula is C13H24N2O. The lowest BCUT2D eigenvalue weighted by Crippen LogP contribution is -2.24. The molecule has 0 spiro atoms. The minimum atomic E-state index is 0.493. The van der Waals surface area contributed by atoms with Gasteiger partial charge in [-0.15, -0.1) is 0 Å². The molecule has 0 aromatic carbocycles. The minimum Gasteiger partial charge on any atom is -0.463 e. The van der Waals surface area contributed by atoms with Gasteiger partial charge in [-0.3, -0.25) is 4.90 Å². The molecule has 0 aliphatic heterocycles. The standard InChI is InChI=1S/C13H24N2O/c1-4-6-15(7-5-2)10-12-8-11(3)13(9-14)16-12/h8H,4-7,9-10,14H2,1-3H3. The fourth-order valence-electron chi connectivity index (χ4n) is 1.99. The molecule has 0 saturated heterocycles. The van der Waals surface area contributed by atoms with Crippen molar-refractivity contribution in [1.82, 2.24) is 4.90 Å². The molecule has 2 N–H and O–H groups in total. The zero-order chi connectivity index (χ0) is 12.0. The Kier molecular flexibility index (Phi) is 5.56. The molecule has 0 aliphatic rings. The molecule has 0 unspecified atom stereocenters. The van der Waals surface area contributed by atoms with Crippen LogP contribution in [0.4, 0.5) is 0 Å². The molecule has 0 aliphatic carbocycles. The quantitative estimate of drug-likeness (QED) is 0.774. The lowest BCUT2D eigenvalue weighted by atomic mass is 10.2. The molecule has 3 heteroatoms. The third-order valence-corrected chi connectivity index (χ3v) is 2.72. The summed E-state index contributed by atoms with van der Waals surface area (Å²) in [5, 5.41) is 0. The molecule has 92 valence electrons. The number of furan rings is 1. The maximum absolute atomic E-state index is 5.72. The first kappa shape index (κ1) is 13.3. The van der Waals surface area contributed by atoms with Gasteiger partial charge in [0.25, 0.3) is 0 Å². The number of aryl methyl sites for hydroxylation is 1. The number of rotatable bonds is 7. The van der Waals surface area contributed by atoms with Crippen molar-refractivity contribution in [3.63, 3.8) is 0 Å². The number of hydrogen-bond donors (Lipinski definition) is 1. The Morgan fingerprint density at radius 3 is 2.31 bits per heavy atom. The van der Waals surface area contributed by atoms with Crippen molar-refractivity contribution < 1.29 is 4.42 Å². The van der Waals surface area contributed by atoms with Crippen molar-refractivity contribution in [3.8, 4) is 0 Å². The van der Waals surface area contributed by atoms with Crippen molar-refractivity contribution >= 4 is 0 Å². The first-order chi connectivity index (χ1) is 7.71. The van der Waals surface area contributed by atoms with Crippen LogP contribution in [0.15, 0.2) is 10.5 Å². The fourth-order valence-corrected chi connectivity index (χ4v) is 1.99. The molecule has 0 bridgehead atoms. The molecule has 1 heterocycles. The van der Waals surface area contributed by atoms with E-state index in [4.69, 9.17) is 10.2 Å². The fraction of sp³-hybridized carbons (Fsp3) is 0.692. The highest BCUT2D eigenvalue weighted by Gasteiger charge is 2.09. The van der Waals surface area contributed by atoms with Crippen LogP contribution in [0.3, 0.4) is 0 Å². The van der Waals surface area contributed by atoms with Crippen molar-refractivity contribution in [1.29, 1.82) is 0 Å². The minimum absolute atomic E-state index is 0.493. The summed E-state index contributed by atoms with van der Waals surface area (Å²) < 4.78 is 5.72. The van der Waals surface area contributed by atoms with E-state index in [1.54, 1.807) is 0 Å². The Morgan fingerprint density at radius 1 is 1.25 bits per heavy atom. The van der Waals surface area contributed by atoms with E-state index in [2.05, 4.69) is 31.7 Å². The summed E-state index contributed by atoms with van der Waals surface area (Å²) in [6.45, 7) is 10.1. The highest BCUT2D eigenvalue weighted by Crippen LogP contribution is 2.16. The summed E-state index contributed by atoms with van der Waals surface area (Å²) in [6.07, 6.45) is 2.37. The van der Waals surface area contributed by atoms with E-state index in [-0.39, 0.29) is 0 Å². The molecule has 3 nitrogen and oxygen atoms in total. The lowest BCUT2D eigenvalue weighted by molar-refractivity contribution is 0.242. The molecule has 1 aromatic rings. The molecule has 0 amide bonds. The summed E-state index contributed by atoms with van der Waals surface area (Å²) in [7, 11) is 0. The van der Waals surface area contributed by atoms with Crippen LogP contribution in [-0.4, -0.2) is 18.0 Å². The van der Waals surface area contributed by atoms with Crippen LogP contribution in [-0.2, 0) is 13.1 Å². The van der Waals surface area contributed by atoms with Crippen molar-refractivity contribution in [2.75, 3.05) is 13.1 Å². The second-order valence-corrected chi connectivity index (χ2v) is 4.30. The van der Waals surface area contributed by atoms with Gasteiger partial charge in [-0.05, 0) is 44.5 Å². The molecule has 0 atom stereocenters. The lowest BCUT2D eigenvalue weighted by Gasteiger charge is -2.19. The SMILES string of the molecule is CCCN(CCC)Cc1cc(C)c(CN)o1. The van der Waals surface area contributed by atoms with Crippen LogP contribution in [0.5, 0.6) is 0 Å². The predicted octanol–water partition coefficient (Wildman–Crippen LogP) is 2.67. The van der Waals surface area contributed by atoms with E-state index in [1.807, 2.05) is 0 Å². The van der Waals surface area contributed by atoms with E-state index in [0.29, 0.717) is 6.54 Å². The van der Waals surface area contributed by atoms with Crippen molar-refractivity contribution in [2.45, 2.75) is 46.7 Å². The van der Waals surface area contributed by atoms with Crippen LogP contribution >= 0.6 is 0 Å². The molecule has 0 fully saturated rings. The van der Waals surface area contributed by atoms with Gasteiger partial charge in [0.15, 0.2) is 0 Å². The molecule has 1 aromatic heterocycles. The van der Waals surface area contributed by atoms with Gasteiger partial charge < -0.3 is 10.2 Å². The summed E-state index contributed by atoms with van der Waals surface area (Å²) in [5.74, 6) is 1.96. The molecule has 1 rings (SSSR count). The molecule has 16 heavy (non-hydrogen) atoms. The number of nitrogens with two attached hydrogens (primary N) is 1. The van der Waals surface area contributed by atoms with Crippen LogP contribution in [0.2, 0.25) is 0 Å². The van der Waals surface area contributed by atoms with E-state index in [1.165, 1.54) is 18.4 Å². The van der Waals surface area contributed by atoms with Gasteiger partial charge >= 0.3 is 0 Å². The smallest absolute Gasteiger partial charge is 0.120 e. The van der Waals surface area contributed by atoms with E-state index >= 15 is 0 Å². The van der Waals surface area contributed by atoms with E-state index < -0.39 is 0 Å². The number of hydrogen-bond acceptors (Lipinski definition) is 3. The first-order valence-corrected chi connectivity index (χ1v) is 6.21. The zero-order valence-electron chi connectivity index (χ0n) is 10.8. The Bertz CT molecular complexity index is 301. The van der Waals surface area contributed by atoms with Gasteiger partial charge in [-0.2, -0.15) is 0 Å². The molecule has 0 saturated carbocycles. The van der Waals surface area contributed by atoms with Crippen LogP contribution < -0.4 is 5.73 Å². The predicted molar refractivity (Wildman–Crippen MR) is 67.2 cm³/mol. The largest absolute Gasteiger partial charge is 0.463 e. The third kappa shape index (κ3) is 3.65. The van der Waals surface area contributed by atoms with E-state index in [0.717, 1.165) is 31.2 Å². The Balaban J connectivity index is 2.61. The summed E-state index contributed by atoms with van der Waals surface area (Å²) in [4.78, 5) is 2.43. The van der Waals surface area contributed by atoms with Gasteiger partial charge in [-0.25, -0.2) is 0 Å². The van der Waals surface area contributed by atoms with Crippen LogP contribution in [0.1, 0.15) is 43.8 Å². The van der Waals surface area contributed by atoms with Gasteiger partial charge in [0.1, 0.15) is 11.5 Å². The summed E-state index contributed by atoms with van der Waals surface area (Å²) >= 11 is 0. The molecular weight excluding hydrogens is 200 g/mol. The van der Waals surface area contributed by atoms with Gasteiger partial charge in [-0.1, -0.05) is 13.8 Å². The number of nitrogens with zero attached hydrogens (tertiary/aromatic N) is 1. The van der Waals surface area contributed by atoms with Gasteiger partial charge in [0, 0.05) is 0 Å². The Morgan fingerprint density at radius 2 is 1.88 bits per heavy atom. The zero-order valence-corrected chi connectivity index (χ0v) is 10.8. The van der Waals surface area contributed by atoms with Gasteiger partial charge in [0.05, 0.1) is 13.1 Å². The average molecular weight is 224 g/mol. The third-order valence-electron chi connectivity index (χ3n) is 2.72. The van der Waals surface area contributed by atoms with Crippen LogP contribution in [0.25, 0.3) is 0 Å². The summed E-state index contributed by atoms with van der Waals surface area (Å²) in [5.41, 5.74) is 6.78. The first-order valence-electron chi connectivity index (χ1n) is 6.21. The monoisotopic (exact) mass is 224 g/mol. The normalized spacial score (nSPS) is 11.3. The van der Waals surface area contributed by atoms with Crippen LogP contribution in [0, 0.1) is 6.92 Å². The van der Waals surface area contributed by atoms with Crippen molar-refractivity contribution in [3.05, 3.63) is 23.2 Å². The average Bonchev–Trinajstić information content (AvgIpc) is 2.59. The second-order valence-electron chi connectivity index (χ2n) is 4.30. The van der Waals surface area contributed by atoms with Gasteiger partial charge in [0.2, 0.25) is 0 Å². The Labute approximate surface area is 98.6 Å². The maximum atomic E-state index is 5.72. The highest BCUT2D eigenvalue weighted by atomic mass is 16.3. The maximum Gasteiger partial charge on any atom is 0.120 e. The Hall–Kier alpha value is -0.800. The van der Waals surface area contributed by atoms with E-state index in [9.17, 15) is 0 Å². The molecule has 0 radical (unpaired) electrons.